The third-order valence-corrected chi connectivity index (χ3v) is 3.28. The molecule has 0 aliphatic carbocycles. The quantitative estimate of drug-likeness (QED) is 0.780. The number of carbonyl (C=O) groups excluding carboxylic acids is 2. The van der Waals surface area contributed by atoms with Gasteiger partial charge in [-0.3, -0.25) is 4.79 Å². The number of alkyl halides is 2. The summed E-state index contributed by atoms with van der Waals surface area (Å²) in [6.45, 7) is -1.17. The van der Waals surface area contributed by atoms with Crippen LogP contribution < -0.4 is 10.1 Å². The molecule has 1 atom stereocenters. The molecule has 0 heterocycles. The summed E-state index contributed by atoms with van der Waals surface area (Å²) in [5.74, 6) is -1.24. The number of rotatable bonds is 7. The summed E-state index contributed by atoms with van der Waals surface area (Å²) in [4.78, 5) is 23.9. The predicted octanol–water partition coefficient (Wildman–Crippen LogP) is 3.15. The van der Waals surface area contributed by atoms with E-state index < -0.39 is 24.6 Å². The van der Waals surface area contributed by atoms with Crippen LogP contribution in [0.1, 0.15) is 22.8 Å². The van der Waals surface area contributed by atoms with Crippen LogP contribution in [0.2, 0.25) is 0 Å². The van der Waals surface area contributed by atoms with Gasteiger partial charge in [0.2, 0.25) is 0 Å². The molecule has 1 N–H and O–H groups in total. The lowest BCUT2D eigenvalue weighted by Gasteiger charge is -2.14. The highest BCUT2D eigenvalue weighted by atomic mass is 19.3. The van der Waals surface area contributed by atoms with Gasteiger partial charge in [0.05, 0.1) is 5.56 Å². The highest BCUT2D eigenvalue weighted by Gasteiger charge is 2.18. The van der Waals surface area contributed by atoms with Gasteiger partial charge in [-0.25, -0.2) is 4.79 Å². The average molecular weight is 349 g/mol. The lowest BCUT2D eigenvalue weighted by Crippen LogP contribution is -2.35. The van der Waals surface area contributed by atoms with E-state index in [4.69, 9.17) is 4.74 Å². The van der Waals surface area contributed by atoms with E-state index in [0.717, 1.165) is 5.56 Å². The maximum atomic E-state index is 12.1. The van der Waals surface area contributed by atoms with E-state index in [1.807, 2.05) is 30.3 Å². The average Bonchev–Trinajstić information content (AvgIpc) is 2.60. The molecule has 0 aliphatic heterocycles. The number of hydrogen-bond acceptors (Lipinski definition) is 4. The van der Waals surface area contributed by atoms with Gasteiger partial charge in [-0.05, 0) is 36.8 Å². The second-order valence-corrected chi connectivity index (χ2v) is 5.15. The van der Waals surface area contributed by atoms with Gasteiger partial charge in [0.25, 0.3) is 5.91 Å². The molecule has 0 aromatic heterocycles. The molecule has 1 amide bonds. The molecular weight excluding hydrogens is 332 g/mol. The van der Waals surface area contributed by atoms with Crippen molar-refractivity contribution in [2.75, 3.05) is 0 Å². The van der Waals surface area contributed by atoms with Crippen LogP contribution in [0.15, 0.2) is 54.6 Å². The fourth-order valence-electron chi connectivity index (χ4n) is 1.98. The molecule has 2 aromatic carbocycles. The Morgan fingerprint density at radius 3 is 2.28 bits per heavy atom. The van der Waals surface area contributed by atoms with Crippen LogP contribution in [-0.4, -0.2) is 24.6 Å². The summed E-state index contributed by atoms with van der Waals surface area (Å²) in [6, 6.07) is 14.3. The Hall–Kier alpha value is -2.96. The smallest absolute Gasteiger partial charge is 0.387 e. The normalized spacial score (nSPS) is 11.7. The SMILES string of the molecule is C[C@@H](OC(=O)c1ccc(OC(F)F)cc1)C(=O)NCc1ccccc1. The Kier molecular flexibility index (Phi) is 6.45. The summed E-state index contributed by atoms with van der Waals surface area (Å²) < 4.78 is 33.4. The Balaban J connectivity index is 1.85. The van der Waals surface area contributed by atoms with E-state index in [9.17, 15) is 18.4 Å². The van der Waals surface area contributed by atoms with E-state index in [-0.39, 0.29) is 11.3 Å². The standard InChI is InChI=1S/C18H17F2NO4/c1-12(16(22)21-11-13-5-3-2-4-6-13)24-17(23)14-7-9-15(10-8-14)25-18(19)20/h2-10,12,18H,11H2,1H3,(H,21,22)/t12-/m1/s1. The van der Waals surface area contributed by atoms with Crippen molar-refractivity contribution in [2.24, 2.45) is 0 Å². The number of amides is 1. The minimum Gasteiger partial charge on any atom is -0.449 e. The molecule has 0 saturated heterocycles. The predicted molar refractivity (Wildman–Crippen MR) is 86.2 cm³/mol. The fraction of sp³-hybridized carbons (Fsp3) is 0.222. The highest BCUT2D eigenvalue weighted by molar-refractivity contribution is 5.92. The number of hydrogen-bond donors (Lipinski definition) is 1. The second-order valence-electron chi connectivity index (χ2n) is 5.15. The van der Waals surface area contributed by atoms with E-state index >= 15 is 0 Å². The number of ether oxygens (including phenoxy) is 2. The fourth-order valence-corrected chi connectivity index (χ4v) is 1.98. The molecule has 0 saturated carbocycles. The van der Waals surface area contributed by atoms with Gasteiger partial charge in [-0.15, -0.1) is 0 Å². The lowest BCUT2D eigenvalue weighted by molar-refractivity contribution is -0.129. The van der Waals surface area contributed by atoms with E-state index in [0.29, 0.717) is 6.54 Å². The van der Waals surface area contributed by atoms with Crippen LogP contribution in [0.25, 0.3) is 0 Å². The van der Waals surface area contributed by atoms with Crippen molar-refractivity contribution in [3.05, 3.63) is 65.7 Å². The molecule has 2 rings (SSSR count). The van der Waals surface area contributed by atoms with Crippen molar-refractivity contribution in [1.29, 1.82) is 0 Å². The molecule has 0 aliphatic rings. The lowest BCUT2D eigenvalue weighted by atomic mass is 10.2. The van der Waals surface area contributed by atoms with Crippen LogP contribution >= 0.6 is 0 Å². The highest BCUT2D eigenvalue weighted by Crippen LogP contribution is 2.15. The van der Waals surface area contributed by atoms with Crippen LogP contribution in [0.4, 0.5) is 8.78 Å². The number of esters is 1. The summed E-state index contributed by atoms with van der Waals surface area (Å²) in [5, 5.41) is 2.67. The van der Waals surface area contributed by atoms with E-state index in [1.54, 1.807) is 0 Å². The Labute approximate surface area is 143 Å². The van der Waals surface area contributed by atoms with Gasteiger partial charge >= 0.3 is 12.6 Å². The van der Waals surface area contributed by atoms with Crippen molar-refractivity contribution in [3.8, 4) is 5.75 Å². The molecular formula is C18H17F2NO4. The molecule has 0 bridgehead atoms. The van der Waals surface area contributed by atoms with Crippen molar-refractivity contribution in [3.63, 3.8) is 0 Å². The number of nitrogens with one attached hydrogen (secondary N) is 1. The van der Waals surface area contributed by atoms with Gasteiger partial charge in [0.1, 0.15) is 5.75 Å². The zero-order valence-electron chi connectivity index (χ0n) is 13.4. The maximum absolute atomic E-state index is 12.1. The monoisotopic (exact) mass is 349 g/mol. The van der Waals surface area contributed by atoms with Crippen molar-refractivity contribution in [1.82, 2.24) is 5.32 Å². The molecule has 7 heteroatoms. The molecule has 0 unspecified atom stereocenters. The molecule has 2 aromatic rings. The van der Waals surface area contributed by atoms with Crippen LogP contribution in [0, 0.1) is 0 Å². The van der Waals surface area contributed by atoms with E-state index in [2.05, 4.69) is 10.1 Å². The summed E-state index contributed by atoms with van der Waals surface area (Å²) in [6.07, 6.45) is -0.992. The maximum Gasteiger partial charge on any atom is 0.387 e. The topological polar surface area (TPSA) is 64.6 Å². The third kappa shape index (κ3) is 5.87. The zero-order valence-corrected chi connectivity index (χ0v) is 13.4. The summed E-state index contributed by atoms with van der Waals surface area (Å²) >= 11 is 0. The number of benzene rings is 2. The van der Waals surface area contributed by atoms with Gasteiger partial charge in [0, 0.05) is 6.54 Å². The molecule has 0 fully saturated rings. The zero-order chi connectivity index (χ0) is 18.2. The molecule has 0 spiro atoms. The molecule has 25 heavy (non-hydrogen) atoms. The molecule has 0 radical (unpaired) electrons. The van der Waals surface area contributed by atoms with Crippen molar-refractivity contribution in [2.45, 2.75) is 26.2 Å². The second kappa shape index (κ2) is 8.77. The summed E-state index contributed by atoms with van der Waals surface area (Å²) in [5.41, 5.74) is 1.05. The van der Waals surface area contributed by atoms with Crippen molar-refractivity contribution >= 4 is 11.9 Å². The van der Waals surface area contributed by atoms with E-state index in [1.165, 1.54) is 31.2 Å². The van der Waals surface area contributed by atoms with Gasteiger partial charge in [0.15, 0.2) is 6.10 Å². The summed E-state index contributed by atoms with van der Waals surface area (Å²) in [7, 11) is 0. The first-order valence-corrected chi connectivity index (χ1v) is 7.53. The van der Waals surface area contributed by atoms with Gasteiger partial charge < -0.3 is 14.8 Å². The van der Waals surface area contributed by atoms with Gasteiger partial charge in [-0.2, -0.15) is 8.78 Å². The van der Waals surface area contributed by atoms with Crippen LogP contribution in [0.5, 0.6) is 5.75 Å². The molecule has 132 valence electrons. The number of halogens is 2. The molecule has 5 nitrogen and oxygen atoms in total. The first kappa shape index (κ1) is 18.4. The van der Waals surface area contributed by atoms with Crippen LogP contribution in [-0.2, 0) is 16.1 Å². The first-order valence-electron chi connectivity index (χ1n) is 7.53. The minimum atomic E-state index is -2.94. The minimum absolute atomic E-state index is 0.0693. The van der Waals surface area contributed by atoms with Crippen molar-refractivity contribution < 1.29 is 27.8 Å². The Bertz CT molecular complexity index is 705. The number of carbonyl (C=O) groups is 2. The largest absolute Gasteiger partial charge is 0.449 e. The van der Waals surface area contributed by atoms with Crippen LogP contribution in [0.3, 0.4) is 0 Å². The third-order valence-electron chi connectivity index (χ3n) is 3.28. The van der Waals surface area contributed by atoms with Gasteiger partial charge in [-0.1, -0.05) is 30.3 Å². The Morgan fingerprint density at radius 1 is 1.04 bits per heavy atom. The Morgan fingerprint density at radius 2 is 1.68 bits per heavy atom. The first-order chi connectivity index (χ1) is 12.0.